The van der Waals surface area contributed by atoms with Crippen molar-refractivity contribution in [3.8, 4) is 0 Å². The molecule has 0 N–H and O–H groups in total. The Labute approximate surface area is 144 Å². The Morgan fingerprint density at radius 3 is 2.33 bits per heavy atom. The first-order valence-electron chi connectivity index (χ1n) is 8.76. The summed E-state index contributed by atoms with van der Waals surface area (Å²) >= 11 is 0. The third-order valence-corrected chi connectivity index (χ3v) is 4.54. The van der Waals surface area contributed by atoms with Crippen LogP contribution >= 0.6 is 0 Å². The van der Waals surface area contributed by atoms with Crippen LogP contribution in [0.5, 0.6) is 0 Å². The van der Waals surface area contributed by atoms with Gasteiger partial charge in [0, 0.05) is 43.6 Å². The first-order valence-corrected chi connectivity index (χ1v) is 8.76. The molecule has 0 spiro atoms. The number of ether oxygens (including phenoxy) is 1. The highest BCUT2D eigenvalue weighted by atomic mass is 16.6. The fraction of sp³-hybridized carbons (Fsp3) is 0.667. The van der Waals surface area contributed by atoms with Gasteiger partial charge in [-0.05, 0) is 47.1 Å². The predicted molar refractivity (Wildman–Crippen MR) is 93.4 cm³/mol. The molecule has 0 aliphatic carbocycles. The molecule has 2 rings (SSSR count). The van der Waals surface area contributed by atoms with Crippen LogP contribution in [0, 0.1) is 13.8 Å². The Morgan fingerprint density at radius 1 is 1.12 bits per heavy atom. The molecule has 1 saturated heterocycles. The minimum atomic E-state index is -0.287. The molecule has 0 saturated carbocycles. The summed E-state index contributed by atoms with van der Waals surface area (Å²) < 4.78 is 7.25. The van der Waals surface area contributed by atoms with Crippen LogP contribution in [-0.2, 0) is 4.74 Å². The van der Waals surface area contributed by atoms with Gasteiger partial charge in [-0.1, -0.05) is 0 Å². The van der Waals surface area contributed by atoms with E-state index in [1.165, 1.54) is 0 Å². The number of carbonyl (C=O) groups excluding carboxylic acids is 2. The molecule has 1 fully saturated rings. The third-order valence-electron chi connectivity index (χ3n) is 4.54. The second-order valence-corrected chi connectivity index (χ2v) is 6.58. The lowest BCUT2D eigenvalue weighted by molar-refractivity contribution is 0.0752. The summed E-state index contributed by atoms with van der Waals surface area (Å²) in [6.07, 6.45) is 0.484. The second kappa shape index (κ2) is 7.73. The molecule has 6 nitrogen and oxygen atoms in total. The Kier molecular flexibility index (Phi) is 5.91. The lowest BCUT2D eigenvalue weighted by Gasteiger charge is -2.22. The summed E-state index contributed by atoms with van der Waals surface area (Å²) in [5.74, 6) is 0.0562. The topological polar surface area (TPSA) is 54.8 Å². The SMILES string of the molecule is CCOC(=O)N1CCCN(C(=O)c2cc(C)n(C(C)C)c2C)CC1. The van der Waals surface area contributed by atoms with E-state index in [-0.39, 0.29) is 12.0 Å². The summed E-state index contributed by atoms with van der Waals surface area (Å²) in [5, 5.41) is 0. The lowest BCUT2D eigenvalue weighted by Crippen LogP contribution is -2.37. The Hall–Kier alpha value is -1.98. The van der Waals surface area contributed by atoms with E-state index >= 15 is 0 Å². The maximum atomic E-state index is 12.9. The number of nitrogens with zero attached hydrogens (tertiary/aromatic N) is 3. The van der Waals surface area contributed by atoms with Crippen LogP contribution in [0.1, 0.15) is 55.0 Å². The van der Waals surface area contributed by atoms with Crippen molar-refractivity contribution >= 4 is 12.0 Å². The molecule has 0 atom stereocenters. The molecular weight excluding hydrogens is 306 g/mol. The molecule has 134 valence electrons. The van der Waals surface area contributed by atoms with E-state index in [0.29, 0.717) is 38.8 Å². The van der Waals surface area contributed by atoms with Gasteiger partial charge < -0.3 is 19.1 Å². The molecule has 2 heterocycles. The van der Waals surface area contributed by atoms with E-state index in [0.717, 1.165) is 23.4 Å². The number of amides is 2. The molecule has 0 unspecified atom stereocenters. The average molecular weight is 335 g/mol. The molecule has 24 heavy (non-hydrogen) atoms. The Balaban J connectivity index is 2.11. The standard InChI is InChI=1S/C18H29N3O3/c1-6-24-18(23)20-9-7-8-19(10-11-20)17(22)16-12-14(4)21(13(2)3)15(16)5/h12-13H,6-11H2,1-5H3. The third kappa shape index (κ3) is 3.74. The van der Waals surface area contributed by atoms with Crippen LogP contribution < -0.4 is 0 Å². The number of carbonyl (C=O) groups is 2. The van der Waals surface area contributed by atoms with Crippen molar-refractivity contribution in [1.82, 2.24) is 14.4 Å². The van der Waals surface area contributed by atoms with E-state index in [1.807, 2.05) is 24.8 Å². The van der Waals surface area contributed by atoms with E-state index in [1.54, 1.807) is 11.8 Å². The summed E-state index contributed by atoms with van der Waals surface area (Å²) in [7, 11) is 0. The van der Waals surface area contributed by atoms with Crippen molar-refractivity contribution in [1.29, 1.82) is 0 Å². The van der Waals surface area contributed by atoms with E-state index in [2.05, 4.69) is 18.4 Å². The lowest BCUT2D eigenvalue weighted by atomic mass is 10.2. The fourth-order valence-electron chi connectivity index (χ4n) is 3.48. The molecule has 2 amide bonds. The highest BCUT2D eigenvalue weighted by molar-refractivity contribution is 5.95. The van der Waals surface area contributed by atoms with Crippen molar-refractivity contribution in [2.45, 2.75) is 47.1 Å². The van der Waals surface area contributed by atoms with Crippen molar-refractivity contribution in [3.05, 3.63) is 23.0 Å². The number of hydrogen-bond acceptors (Lipinski definition) is 3. The zero-order chi connectivity index (χ0) is 17.9. The Bertz CT molecular complexity index is 607. The average Bonchev–Trinajstić information content (AvgIpc) is 2.71. The summed E-state index contributed by atoms with van der Waals surface area (Å²) in [4.78, 5) is 28.4. The molecule has 0 bridgehead atoms. The zero-order valence-electron chi connectivity index (χ0n) is 15.5. The fourth-order valence-corrected chi connectivity index (χ4v) is 3.48. The first-order chi connectivity index (χ1) is 11.4. The van der Waals surface area contributed by atoms with Gasteiger partial charge in [0.05, 0.1) is 12.2 Å². The minimum Gasteiger partial charge on any atom is -0.450 e. The molecule has 1 aromatic heterocycles. The summed E-state index contributed by atoms with van der Waals surface area (Å²) in [5.41, 5.74) is 2.89. The molecule has 0 radical (unpaired) electrons. The first kappa shape index (κ1) is 18.4. The van der Waals surface area contributed by atoms with Gasteiger partial charge in [0.15, 0.2) is 0 Å². The van der Waals surface area contributed by atoms with Gasteiger partial charge in [-0.2, -0.15) is 0 Å². The second-order valence-electron chi connectivity index (χ2n) is 6.58. The number of aryl methyl sites for hydroxylation is 1. The Morgan fingerprint density at radius 2 is 1.75 bits per heavy atom. The number of rotatable bonds is 3. The highest BCUT2D eigenvalue weighted by Gasteiger charge is 2.26. The molecule has 1 aromatic rings. The quantitative estimate of drug-likeness (QED) is 0.853. The highest BCUT2D eigenvalue weighted by Crippen LogP contribution is 2.22. The molecule has 1 aliphatic rings. The minimum absolute atomic E-state index is 0.0562. The largest absolute Gasteiger partial charge is 0.450 e. The smallest absolute Gasteiger partial charge is 0.409 e. The van der Waals surface area contributed by atoms with Gasteiger partial charge in [0.25, 0.3) is 5.91 Å². The number of hydrogen-bond donors (Lipinski definition) is 0. The van der Waals surface area contributed by atoms with Crippen LogP contribution in [0.15, 0.2) is 6.07 Å². The van der Waals surface area contributed by atoms with Gasteiger partial charge in [-0.25, -0.2) is 4.79 Å². The summed E-state index contributed by atoms with van der Waals surface area (Å²) in [6.45, 7) is 12.8. The van der Waals surface area contributed by atoms with Crippen LogP contribution in [0.2, 0.25) is 0 Å². The van der Waals surface area contributed by atoms with Gasteiger partial charge in [-0.15, -0.1) is 0 Å². The molecule has 1 aliphatic heterocycles. The van der Waals surface area contributed by atoms with Gasteiger partial charge in [0.1, 0.15) is 0 Å². The van der Waals surface area contributed by atoms with Crippen molar-refractivity contribution in [3.63, 3.8) is 0 Å². The normalized spacial score (nSPS) is 15.6. The van der Waals surface area contributed by atoms with Gasteiger partial charge in [0.2, 0.25) is 0 Å². The van der Waals surface area contributed by atoms with Gasteiger partial charge in [-0.3, -0.25) is 4.79 Å². The van der Waals surface area contributed by atoms with E-state index < -0.39 is 0 Å². The van der Waals surface area contributed by atoms with Crippen molar-refractivity contribution in [2.24, 2.45) is 0 Å². The predicted octanol–water partition coefficient (Wildman–Crippen LogP) is 2.99. The maximum Gasteiger partial charge on any atom is 0.409 e. The summed E-state index contributed by atoms with van der Waals surface area (Å²) in [6, 6.07) is 2.31. The monoisotopic (exact) mass is 335 g/mol. The van der Waals surface area contributed by atoms with Crippen LogP contribution in [0.4, 0.5) is 4.79 Å². The molecule has 6 heteroatoms. The number of aromatic nitrogens is 1. The maximum absolute atomic E-state index is 12.9. The van der Waals surface area contributed by atoms with E-state index in [9.17, 15) is 9.59 Å². The van der Waals surface area contributed by atoms with Crippen LogP contribution in [0.3, 0.4) is 0 Å². The molecule has 0 aromatic carbocycles. The van der Waals surface area contributed by atoms with Crippen LogP contribution in [0.25, 0.3) is 0 Å². The van der Waals surface area contributed by atoms with Crippen molar-refractivity contribution < 1.29 is 14.3 Å². The molecular formula is C18H29N3O3. The van der Waals surface area contributed by atoms with Crippen molar-refractivity contribution in [2.75, 3.05) is 32.8 Å². The van der Waals surface area contributed by atoms with Crippen LogP contribution in [-0.4, -0.2) is 59.2 Å². The zero-order valence-corrected chi connectivity index (χ0v) is 15.5. The van der Waals surface area contributed by atoms with Gasteiger partial charge >= 0.3 is 6.09 Å². The van der Waals surface area contributed by atoms with E-state index in [4.69, 9.17) is 4.74 Å².